The summed E-state index contributed by atoms with van der Waals surface area (Å²) in [7, 11) is 0. The molecule has 0 bridgehead atoms. The van der Waals surface area contributed by atoms with Crippen LogP contribution in [0.5, 0.6) is 0 Å². The van der Waals surface area contributed by atoms with E-state index in [0.29, 0.717) is 13.2 Å². The van der Waals surface area contributed by atoms with Gasteiger partial charge in [-0.25, -0.2) is 4.79 Å². The minimum absolute atomic E-state index is 0.335. The summed E-state index contributed by atoms with van der Waals surface area (Å²) in [5, 5.41) is 30.4. The van der Waals surface area contributed by atoms with Crippen LogP contribution in [0.3, 0.4) is 0 Å². The molecule has 0 aromatic carbocycles. The Hall–Kier alpha value is -0.930. The smallest absolute Gasteiger partial charge is 0.411 e. The van der Waals surface area contributed by atoms with E-state index in [9.17, 15) is 20.1 Å². The predicted octanol–water partition coefficient (Wildman–Crippen LogP) is 8.37. The van der Waals surface area contributed by atoms with Crippen molar-refractivity contribution in [1.82, 2.24) is 4.90 Å². The molecule has 0 aromatic heterocycles. The number of nitrogens with two attached hydrogens (primary N) is 1. The molecule has 1 amide bonds. The third kappa shape index (κ3) is 20.1. The number of hydrogen-bond acceptors (Lipinski definition) is 7. The lowest BCUT2D eigenvalue weighted by Gasteiger charge is -2.44. The first-order valence-corrected chi connectivity index (χ1v) is 19.3. The number of aliphatic hydroxyl groups excluding tert-OH is 3. The van der Waals surface area contributed by atoms with E-state index in [2.05, 4.69) is 13.8 Å². The maximum absolute atomic E-state index is 13.2. The fraction of sp³-hybridized carbons (Fsp3) is 0.973. The lowest BCUT2D eigenvalue weighted by atomic mass is 9.96. The summed E-state index contributed by atoms with van der Waals surface area (Å²) in [6.45, 7) is 4.77. The fourth-order valence-electron chi connectivity index (χ4n) is 6.38. The van der Waals surface area contributed by atoms with Gasteiger partial charge >= 0.3 is 6.09 Å². The number of aliphatic hydroxyl groups is 3. The minimum Gasteiger partial charge on any atom is -0.449 e. The zero-order chi connectivity index (χ0) is 33.0. The molecule has 5 atom stereocenters. The van der Waals surface area contributed by atoms with Crippen LogP contribution < -0.4 is 5.73 Å². The highest BCUT2D eigenvalue weighted by Crippen LogP contribution is 2.24. The van der Waals surface area contributed by atoms with E-state index < -0.39 is 43.3 Å². The van der Waals surface area contributed by atoms with Crippen LogP contribution in [0.15, 0.2) is 0 Å². The highest BCUT2D eigenvalue weighted by molar-refractivity contribution is 5.68. The second kappa shape index (κ2) is 29.2. The van der Waals surface area contributed by atoms with E-state index in [1.54, 1.807) is 0 Å². The average molecular weight is 643 g/mol. The van der Waals surface area contributed by atoms with Gasteiger partial charge in [-0.15, -0.1) is 0 Å². The summed E-state index contributed by atoms with van der Waals surface area (Å²) in [5.74, 6) is 0. The van der Waals surface area contributed by atoms with Crippen LogP contribution in [0.1, 0.15) is 181 Å². The number of nitrogens with zero attached hydrogens (tertiary/aromatic N) is 1. The quantitative estimate of drug-likeness (QED) is 0.0580. The van der Waals surface area contributed by atoms with E-state index in [-0.39, 0.29) is 0 Å². The molecule has 0 unspecified atom stereocenters. The number of unbranched alkanes of at least 4 members (excludes halogenated alkanes) is 24. The van der Waals surface area contributed by atoms with Crippen LogP contribution in [0, 0.1) is 0 Å². The Morgan fingerprint density at radius 3 is 1.40 bits per heavy atom. The number of carbonyl (C=O) groups excluding carboxylic acids is 1. The van der Waals surface area contributed by atoms with Crippen LogP contribution in [0.2, 0.25) is 0 Å². The molecule has 1 aliphatic heterocycles. The highest BCUT2D eigenvalue weighted by atomic mass is 16.6. The molecular formula is C37H74N2O6. The molecule has 268 valence electrons. The largest absolute Gasteiger partial charge is 0.449 e. The molecule has 1 aliphatic rings. The van der Waals surface area contributed by atoms with Crippen molar-refractivity contribution in [3.05, 3.63) is 0 Å². The summed E-state index contributed by atoms with van der Waals surface area (Å²) in [4.78, 5) is 14.6. The summed E-state index contributed by atoms with van der Waals surface area (Å²) in [6.07, 6.45) is 27.3. The first-order chi connectivity index (χ1) is 22.0. The van der Waals surface area contributed by atoms with Crippen LogP contribution in [0.4, 0.5) is 4.79 Å². The Labute approximate surface area is 277 Å². The Morgan fingerprint density at radius 1 is 0.622 bits per heavy atom. The number of hydrogen-bond donors (Lipinski definition) is 4. The standard InChI is InChI=1S/C37H74N2O6/c1-3-5-7-9-11-13-15-16-17-18-19-20-21-23-25-27-29-39(36-33(38)35(42)34(41)32(31-40)45-36)37(43)44-30-28-26-24-22-14-12-10-8-6-4-2/h32-36,40-42H,3-31,38H2,1-2H3/t32-,33-,34+,35-,36-/m1/s1. The predicted molar refractivity (Wildman–Crippen MR) is 185 cm³/mol. The van der Waals surface area contributed by atoms with E-state index in [0.717, 1.165) is 38.5 Å². The van der Waals surface area contributed by atoms with Crippen LogP contribution in [-0.4, -0.2) is 76.7 Å². The third-order valence-electron chi connectivity index (χ3n) is 9.47. The van der Waals surface area contributed by atoms with Gasteiger partial charge in [0.1, 0.15) is 18.3 Å². The maximum atomic E-state index is 13.2. The normalized spacial score (nSPS) is 21.7. The molecule has 1 rings (SSSR count). The van der Waals surface area contributed by atoms with Crippen molar-refractivity contribution in [2.45, 2.75) is 211 Å². The van der Waals surface area contributed by atoms with Gasteiger partial charge in [-0.2, -0.15) is 0 Å². The Bertz CT molecular complexity index is 667. The monoisotopic (exact) mass is 643 g/mol. The molecular weight excluding hydrogens is 568 g/mol. The molecule has 0 aromatic rings. The Morgan fingerprint density at radius 2 is 1.00 bits per heavy atom. The topological polar surface area (TPSA) is 125 Å². The van der Waals surface area contributed by atoms with Gasteiger partial charge in [0.15, 0.2) is 6.23 Å². The molecule has 0 spiro atoms. The summed E-state index contributed by atoms with van der Waals surface area (Å²) >= 11 is 0. The van der Waals surface area contributed by atoms with Crippen molar-refractivity contribution in [3.8, 4) is 0 Å². The van der Waals surface area contributed by atoms with Crippen molar-refractivity contribution >= 4 is 6.09 Å². The van der Waals surface area contributed by atoms with Crippen molar-refractivity contribution in [2.24, 2.45) is 5.73 Å². The highest BCUT2D eigenvalue weighted by Gasteiger charge is 2.46. The van der Waals surface area contributed by atoms with Crippen molar-refractivity contribution in [1.29, 1.82) is 0 Å². The number of amides is 1. The number of ether oxygens (including phenoxy) is 2. The van der Waals surface area contributed by atoms with E-state index in [1.807, 2.05) is 0 Å². The molecule has 8 heteroatoms. The minimum atomic E-state index is -1.30. The summed E-state index contributed by atoms with van der Waals surface area (Å²) in [6, 6.07) is -0.992. The molecule has 0 radical (unpaired) electrons. The van der Waals surface area contributed by atoms with Gasteiger partial charge in [0.05, 0.1) is 19.3 Å². The lowest BCUT2D eigenvalue weighted by Crippen LogP contribution is -2.67. The van der Waals surface area contributed by atoms with Crippen LogP contribution in [-0.2, 0) is 9.47 Å². The van der Waals surface area contributed by atoms with Crippen LogP contribution >= 0.6 is 0 Å². The second-order valence-corrected chi connectivity index (χ2v) is 13.6. The third-order valence-corrected chi connectivity index (χ3v) is 9.47. The van der Waals surface area contributed by atoms with Crippen molar-refractivity contribution in [2.75, 3.05) is 19.8 Å². The number of carbonyl (C=O) groups is 1. The van der Waals surface area contributed by atoms with Crippen LogP contribution in [0.25, 0.3) is 0 Å². The molecule has 1 fully saturated rings. The molecule has 5 N–H and O–H groups in total. The van der Waals surface area contributed by atoms with Gasteiger partial charge in [0, 0.05) is 6.54 Å². The first-order valence-electron chi connectivity index (χ1n) is 19.3. The fourth-order valence-corrected chi connectivity index (χ4v) is 6.38. The van der Waals surface area contributed by atoms with Gasteiger partial charge in [0.2, 0.25) is 0 Å². The second-order valence-electron chi connectivity index (χ2n) is 13.6. The molecule has 0 saturated carbocycles. The van der Waals surface area contributed by atoms with Gasteiger partial charge in [-0.1, -0.05) is 168 Å². The zero-order valence-electron chi connectivity index (χ0n) is 29.5. The zero-order valence-corrected chi connectivity index (χ0v) is 29.5. The van der Waals surface area contributed by atoms with E-state index in [1.165, 1.54) is 133 Å². The first kappa shape index (κ1) is 42.1. The van der Waals surface area contributed by atoms with E-state index in [4.69, 9.17) is 15.2 Å². The van der Waals surface area contributed by atoms with Gasteiger partial charge < -0.3 is 30.5 Å². The maximum Gasteiger partial charge on any atom is 0.411 e. The van der Waals surface area contributed by atoms with Gasteiger partial charge in [0.25, 0.3) is 0 Å². The van der Waals surface area contributed by atoms with Gasteiger partial charge in [-0.3, -0.25) is 4.90 Å². The summed E-state index contributed by atoms with van der Waals surface area (Å²) < 4.78 is 11.5. The molecule has 1 saturated heterocycles. The Kier molecular flexibility index (Phi) is 27.3. The summed E-state index contributed by atoms with van der Waals surface area (Å²) in [5.41, 5.74) is 6.22. The Balaban J connectivity index is 2.32. The lowest BCUT2D eigenvalue weighted by molar-refractivity contribution is -0.221. The molecule has 0 aliphatic carbocycles. The van der Waals surface area contributed by atoms with E-state index >= 15 is 0 Å². The van der Waals surface area contributed by atoms with Crippen molar-refractivity contribution in [3.63, 3.8) is 0 Å². The molecule has 1 heterocycles. The SMILES string of the molecule is CCCCCCCCCCCCCCCCCCN(C(=O)OCCCCCCCCCCCC)[C@@H]1O[C@H](CO)[C@H](O)[C@H](O)[C@H]1N. The van der Waals surface area contributed by atoms with Gasteiger partial charge in [-0.05, 0) is 12.8 Å². The molecule has 45 heavy (non-hydrogen) atoms. The average Bonchev–Trinajstić information content (AvgIpc) is 3.04. The van der Waals surface area contributed by atoms with Crippen molar-refractivity contribution < 1.29 is 29.6 Å². The number of rotatable bonds is 30. The molecule has 8 nitrogen and oxygen atoms in total.